The van der Waals surface area contributed by atoms with Crippen LogP contribution in [0.4, 0.5) is 10.1 Å². The van der Waals surface area contributed by atoms with Gasteiger partial charge in [0.25, 0.3) is 0 Å². The molecule has 0 aliphatic carbocycles. The Kier molecular flexibility index (Phi) is 4.23. The Bertz CT molecular complexity index is 839. The van der Waals surface area contributed by atoms with E-state index in [2.05, 4.69) is 0 Å². The predicted molar refractivity (Wildman–Crippen MR) is 97.1 cm³/mol. The minimum atomic E-state index is -0.345. The van der Waals surface area contributed by atoms with E-state index in [9.17, 15) is 14.0 Å². The maximum absolute atomic E-state index is 13.5. The van der Waals surface area contributed by atoms with Gasteiger partial charge in [0.1, 0.15) is 5.82 Å². The molecule has 2 fully saturated rings. The molecule has 26 heavy (non-hydrogen) atoms. The van der Waals surface area contributed by atoms with Gasteiger partial charge in [-0.25, -0.2) is 4.39 Å². The van der Waals surface area contributed by atoms with Crippen LogP contribution in [0.2, 0.25) is 0 Å². The summed E-state index contributed by atoms with van der Waals surface area (Å²) in [5, 5.41) is 0. The maximum atomic E-state index is 13.5. The molecule has 2 amide bonds. The summed E-state index contributed by atoms with van der Waals surface area (Å²) in [6, 6.07) is 15.8. The summed E-state index contributed by atoms with van der Waals surface area (Å²) in [6.45, 7) is 1.82. The first-order valence-electron chi connectivity index (χ1n) is 8.92. The highest BCUT2D eigenvalue weighted by Gasteiger charge is 2.48. The molecule has 0 bridgehead atoms. The van der Waals surface area contributed by atoms with Gasteiger partial charge in [-0.1, -0.05) is 36.4 Å². The summed E-state index contributed by atoms with van der Waals surface area (Å²) in [7, 11) is 0. The van der Waals surface area contributed by atoms with E-state index in [1.54, 1.807) is 17.0 Å². The smallest absolute Gasteiger partial charge is 0.227 e. The number of likely N-dealkylation sites (tertiary alicyclic amines) is 1. The van der Waals surface area contributed by atoms with Gasteiger partial charge >= 0.3 is 0 Å². The highest BCUT2D eigenvalue weighted by atomic mass is 19.1. The van der Waals surface area contributed by atoms with Gasteiger partial charge in [0.05, 0.1) is 6.42 Å². The van der Waals surface area contributed by atoms with Crippen molar-refractivity contribution >= 4 is 17.5 Å². The van der Waals surface area contributed by atoms with E-state index in [-0.39, 0.29) is 23.0 Å². The molecule has 2 aromatic rings. The molecule has 2 aromatic carbocycles. The summed E-state index contributed by atoms with van der Waals surface area (Å²) >= 11 is 0. The van der Waals surface area contributed by atoms with Gasteiger partial charge < -0.3 is 9.80 Å². The fraction of sp³-hybridized carbons (Fsp3) is 0.333. The predicted octanol–water partition coefficient (Wildman–Crippen LogP) is 3.02. The first kappa shape index (κ1) is 16.8. The molecule has 2 heterocycles. The van der Waals surface area contributed by atoms with Crippen molar-refractivity contribution in [2.75, 3.05) is 24.5 Å². The molecule has 2 aliphatic heterocycles. The zero-order chi connectivity index (χ0) is 18.1. The van der Waals surface area contributed by atoms with E-state index in [1.165, 1.54) is 12.1 Å². The standard InChI is InChI=1S/C21H21FN2O2/c22-17-7-4-8-18(12-17)24-15-21(13-20(24)26)9-10-23(14-21)19(25)11-16-5-2-1-3-6-16/h1-8,12H,9-11,13-15H2/t21-/m1/s1. The second kappa shape index (κ2) is 6.56. The largest absolute Gasteiger partial charge is 0.342 e. The number of nitrogens with zero attached hydrogens (tertiary/aromatic N) is 2. The summed E-state index contributed by atoms with van der Waals surface area (Å²) in [6.07, 6.45) is 1.61. The van der Waals surface area contributed by atoms with Crippen molar-refractivity contribution in [1.29, 1.82) is 0 Å². The Labute approximate surface area is 152 Å². The number of amides is 2. The minimum Gasteiger partial charge on any atom is -0.342 e. The summed E-state index contributed by atoms with van der Waals surface area (Å²) in [4.78, 5) is 28.7. The van der Waals surface area contributed by atoms with Crippen LogP contribution in [0.25, 0.3) is 0 Å². The number of benzene rings is 2. The lowest BCUT2D eigenvalue weighted by Crippen LogP contribution is -2.34. The first-order valence-corrected chi connectivity index (χ1v) is 8.92. The zero-order valence-corrected chi connectivity index (χ0v) is 14.5. The maximum Gasteiger partial charge on any atom is 0.227 e. The molecule has 0 N–H and O–H groups in total. The van der Waals surface area contributed by atoms with Gasteiger partial charge in [0.2, 0.25) is 11.8 Å². The van der Waals surface area contributed by atoms with E-state index in [0.717, 1.165) is 12.0 Å². The summed E-state index contributed by atoms with van der Waals surface area (Å²) in [5.74, 6) is -0.236. The lowest BCUT2D eigenvalue weighted by molar-refractivity contribution is -0.130. The second-order valence-corrected chi connectivity index (χ2v) is 7.36. The second-order valence-electron chi connectivity index (χ2n) is 7.36. The van der Waals surface area contributed by atoms with E-state index in [4.69, 9.17) is 0 Å². The van der Waals surface area contributed by atoms with Gasteiger partial charge in [-0.2, -0.15) is 0 Å². The van der Waals surface area contributed by atoms with E-state index in [1.807, 2.05) is 35.2 Å². The summed E-state index contributed by atoms with van der Waals surface area (Å²) in [5.41, 5.74) is 1.39. The topological polar surface area (TPSA) is 40.6 Å². The van der Waals surface area contributed by atoms with Gasteiger partial charge in [0.15, 0.2) is 0 Å². The third-order valence-electron chi connectivity index (χ3n) is 5.43. The van der Waals surface area contributed by atoms with Crippen molar-refractivity contribution in [3.05, 3.63) is 66.0 Å². The Morgan fingerprint density at radius 3 is 2.65 bits per heavy atom. The van der Waals surface area contributed by atoms with Crippen molar-refractivity contribution in [1.82, 2.24) is 4.90 Å². The van der Waals surface area contributed by atoms with Crippen LogP contribution >= 0.6 is 0 Å². The molecule has 1 atom stereocenters. The number of carbonyl (C=O) groups is 2. The van der Waals surface area contributed by atoms with Crippen LogP contribution in [-0.2, 0) is 16.0 Å². The molecule has 1 spiro atoms. The van der Waals surface area contributed by atoms with Crippen molar-refractivity contribution in [3.63, 3.8) is 0 Å². The van der Waals surface area contributed by atoms with E-state index >= 15 is 0 Å². The van der Waals surface area contributed by atoms with Crippen LogP contribution in [0.1, 0.15) is 18.4 Å². The normalized spacial score (nSPS) is 22.4. The van der Waals surface area contributed by atoms with Gasteiger partial charge in [-0.15, -0.1) is 0 Å². The average Bonchev–Trinajstić information content (AvgIpc) is 3.19. The number of anilines is 1. The third-order valence-corrected chi connectivity index (χ3v) is 5.43. The third kappa shape index (κ3) is 3.21. The molecule has 0 radical (unpaired) electrons. The average molecular weight is 352 g/mol. The molecular formula is C21H21FN2O2. The number of rotatable bonds is 3. The molecule has 0 aromatic heterocycles. The van der Waals surface area contributed by atoms with Gasteiger partial charge in [-0.3, -0.25) is 9.59 Å². The molecule has 2 saturated heterocycles. The van der Waals surface area contributed by atoms with Crippen LogP contribution in [-0.4, -0.2) is 36.3 Å². The van der Waals surface area contributed by atoms with Crippen LogP contribution in [0.3, 0.4) is 0 Å². The molecule has 0 saturated carbocycles. The molecule has 0 unspecified atom stereocenters. The fourth-order valence-electron chi connectivity index (χ4n) is 4.08. The van der Waals surface area contributed by atoms with Crippen molar-refractivity contribution in [3.8, 4) is 0 Å². The van der Waals surface area contributed by atoms with Crippen molar-refractivity contribution < 1.29 is 14.0 Å². The van der Waals surface area contributed by atoms with Crippen molar-refractivity contribution in [2.45, 2.75) is 19.3 Å². The molecule has 4 rings (SSSR count). The monoisotopic (exact) mass is 352 g/mol. The minimum absolute atomic E-state index is 0.00737. The molecule has 5 heteroatoms. The summed E-state index contributed by atoms with van der Waals surface area (Å²) < 4.78 is 13.5. The highest BCUT2D eigenvalue weighted by Crippen LogP contribution is 2.42. The number of carbonyl (C=O) groups excluding carboxylic acids is 2. The van der Waals surface area contributed by atoms with Crippen LogP contribution in [0.15, 0.2) is 54.6 Å². The van der Waals surface area contributed by atoms with Crippen LogP contribution in [0, 0.1) is 11.2 Å². The highest BCUT2D eigenvalue weighted by molar-refractivity contribution is 5.96. The molecular weight excluding hydrogens is 331 g/mol. The Morgan fingerprint density at radius 1 is 1.08 bits per heavy atom. The quantitative estimate of drug-likeness (QED) is 0.852. The molecule has 4 nitrogen and oxygen atoms in total. The number of hydrogen-bond donors (Lipinski definition) is 0. The van der Waals surface area contributed by atoms with Gasteiger partial charge in [0, 0.05) is 37.2 Å². The SMILES string of the molecule is O=C(Cc1ccccc1)N1CC[C@@]2(CC(=O)N(c3cccc(F)c3)C2)C1. The van der Waals surface area contributed by atoms with E-state index < -0.39 is 0 Å². The van der Waals surface area contributed by atoms with E-state index in [0.29, 0.717) is 38.2 Å². The van der Waals surface area contributed by atoms with Gasteiger partial charge in [-0.05, 0) is 30.2 Å². The first-order chi connectivity index (χ1) is 12.5. The number of hydrogen-bond acceptors (Lipinski definition) is 2. The zero-order valence-electron chi connectivity index (χ0n) is 14.5. The molecule has 2 aliphatic rings. The Hall–Kier alpha value is -2.69. The lowest BCUT2D eigenvalue weighted by atomic mass is 9.86. The Balaban J connectivity index is 1.44. The van der Waals surface area contributed by atoms with Crippen molar-refractivity contribution in [2.24, 2.45) is 5.41 Å². The number of halogens is 1. The molecule has 134 valence electrons. The lowest BCUT2D eigenvalue weighted by Gasteiger charge is -2.24. The fourth-order valence-corrected chi connectivity index (χ4v) is 4.08. The van der Waals surface area contributed by atoms with Crippen LogP contribution < -0.4 is 4.90 Å². The van der Waals surface area contributed by atoms with Crippen LogP contribution in [0.5, 0.6) is 0 Å². The Morgan fingerprint density at radius 2 is 1.88 bits per heavy atom.